The molecule has 4 nitrogen and oxygen atoms in total. The largest absolute Gasteiger partial charge is 0.440 e. The third-order valence-electron chi connectivity index (χ3n) is 2.52. The van der Waals surface area contributed by atoms with Gasteiger partial charge in [-0.3, -0.25) is 0 Å². The van der Waals surface area contributed by atoms with Gasteiger partial charge in [0.15, 0.2) is 8.68 Å². The number of rotatable bonds is 5. The van der Waals surface area contributed by atoms with Gasteiger partial charge in [0.25, 0.3) is 0 Å². The standard InChI is InChI=1S/C12H11N3OS4/c1-7-8(6-19-12-15-14-11(17-2)20-12)13-10(16-7)9-4-3-5-18-9/h3-5H,6H2,1-2H3. The van der Waals surface area contributed by atoms with Crippen LogP contribution in [-0.2, 0) is 5.75 Å². The van der Waals surface area contributed by atoms with Gasteiger partial charge in [-0.05, 0) is 24.6 Å². The SMILES string of the molecule is CSc1nnc(SCc2nc(-c3cccs3)oc2C)s1. The van der Waals surface area contributed by atoms with Crippen molar-refractivity contribution in [3.8, 4) is 10.8 Å². The Kier molecular flexibility index (Phi) is 4.45. The second-order valence-corrected chi connectivity index (χ2v) is 8.03. The van der Waals surface area contributed by atoms with Gasteiger partial charge in [-0.2, -0.15) is 0 Å². The van der Waals surface area contributed by atoms with Gasteiger partial charge in [0.05, 0.1) is 10.6 Å². The molecule has 0 bridgehead atoms. The van der Waals surface area contributed by atoms with Gasteiger partial charge >= 0.3 is 0 Å². The fourth-order valence-electron chi connectivity index (χ4n) is 1.54. The summed E-state index contributed by atoms with van der Waals surface area (Å²) < 4.78 is 7.68. The summed E-state index contributed by atoms with van der Waals surface area (Å²) in [6.07, 6.45) is 2.00. The maximum absolute atomic E-state index is 5.72. The molecule has 0 aliphatic heterocycles. The molecule has 3 heterocycles. The van der Waals surface area contributed by atoms with Gasteiger partial charge in [0.1, 0.15) is 5.76 Å². The molecule has 20 heavy (non-hydrogen) atoms. The monoisotopic (exact) mass is 341 g/mol. The Labute approximate surface area is 133 Å². The van der Waals surface area contributed by atoms with Crippen LogP contribution in [0, 0.1) is 6.92 Å². The average molecular weight is 342 g/mol. The van der Waals surface area contributed by atoms with E-state index in [0.717, 1.165) is 30.8 Å². The molecule has 0 fully saturated rings. The smallest absolute Gasteiger partial charge is 0.236 e. The molecule has 3 aromatic heterocycles. The number of hydrogen-bond acceptors (Lipinski definition) is 8. The minimum atomic E-state index is 0.704. The Hall–Kier alpha value is -0.830. The third kappa shape index (κ3) is 3.08. The van der Waals surface area contributed by atoms with E-state index in [1.807, 2.05) is 30.7 Å². The molecule has 0 unspecified atom stereocenters. The normalized spacial score (nSPS) is 11.1. The van der Waals surface area contributed by atoms with E-state index < -0.39 is 0 Å². The van der Waals surface area contributed by atoms with Crippen LogP contribution in [0.25, 0.3) is 10.8 Å². The van der Waals surface area contributed by atoms with Crippen LogP contribution in [-0.4, -0.2) is 21.4 Å². The molecule has 0 aliphatic carbocycles. The van der Waals surface area contributed by atoms with Gasteiger partial charge in [0.2, 0.25) is 5.89 Å². The van der Waals surface area contributed by atoms with Crippen LogP contribution in [0.3, 0.4) is 0 Å². The lowest BCUT2D eigenvalue weighted by Crippen LogP contribution is -1.84. The Bertz CT molecular complexity index is 689. The van der Waals surface area contributed by atoms with Gasteiger partial charge in [-0.15, -0.1) is 21.5 Å². The van der Waals surface area contributed by atoms with Crippen molar-refractivity contribution >= 4 is 46.2 Å². The highest BCUT2D eigenvalue weighted by molar-refractivity contribution is 8.02. The first-order valence-electron chi connectivity index (χ1n) is 5.76. The molecule has 0 radical (unpaired) electrons. The van der Waals surface area contributed by atoms with E-state index in [4.69, 9.17) is 4.42 Å². The molecule has 3 rings (SSSR count). The molecule has 104 valence electrons. The molecular weight excluding hydrogens is 330 g/mol. The first kappa shape index (κ1) is 14.1. The summed E-state index contributed by atoms with van der Waals surface area (Å²) in [4.78, 5) is 5.63. The fraction of sp³-hybridized carbons (Fsp3) is 0.250. The maximum Gasteiger partial charge on any atom is 0.236 e. The van der Waals surface area contributed by atoms with Crippen molar-refractivity contribution in [2.24, 2.45) is 0 Å². The first-order chi connectivity index (χ1) is 9.76. The molecule has 0 saturated carbocycles. The van der Waals surface area contributed by atoms with Gasteiger partial charge < -0.3 is 4.42 Å². The molecule has 8 heteroatoms. The summed E-state index contributed by atoms with van der Waals surface area (Å²) in [6, 6.07) is 4.02. The Morgan fingerprint density at radius 3 is 2.85 bits per heavy atom. The third-order valence-corrected chi connectivity index (χ3v) is 6.42. The molecular formula is C12H11N3OS4. The van der Waals surface area contributed by atoms with E-state index in [-0.39, 0.29) is 0 Å². The zero-order valence-corrected chi connectivity index (χ0v) is 14.1. The Balaban J connectivity index is 1.71. The number of nitrogens with zero attached hydrogens (tertiary/aromatic N) is 3. The van der Waals surface area contributed by atoms with Crippen molar-refractivity contribution in [2.45, 2.75) is 21.4 Å². The van der Waals surface area contributed by atoms with Crippen molar-refractivity contribution in [1.29, 1.82) is 0 Å². The average Bonchev–Trinajstić information content (AvgIpc) is 3.17. The summed E-state index contributed by atoms with van der Waals surface area (Å²) in [6.45, 7) is 1.95. The predicted octanol–water partition coefficient (Wildman–Crippen LogP) is 4.58. The summed E-state index contributed by atoms with van der Waals surface area (Å²) in [7, 11) is 0. The highest BCUT2D eigenvalue weighted by Gasteiger charge is 2.13. The highest BCUT2D eigenvalue weighted by atomic mass is 32.2. The van der Waals surface area contributed by atoms with Gasteiger partial charge in [-0.25, -0.2) is 4.98 Å². The van der Waals surface area contributed by atoms with Crippen LogP contribution in [0.2, 0.25) is 0 Å². The fourth-order valence-corrected chi connectivity index (χ4v) is 4.62. The van der Waals surface area contributed by atoms with E-state index in [9.17, 15) is 0 Å². The number of oxazole rings is 1. The first-order valence-corrected chi connectivity index (χ1v) is 9.67. The van der Waals surface area contributed by atoms with Crippen molar-refractivity contribution in [3.05, 3.63) is 29.0 Å². The van der Waals surface area contributed by atoms with Crippen LogP contribution in [0.15, 0.2) is 30.6 Å². The Morgan fingerprint density at radius 2 is 2.15 bits per heavy atom. The molecule has 0 aliphatic rings. The van der Waals surface area contributed by atoms with Crippen LogP contribution in [0.5, 0.6) is 0 Å². The van der Waals surface area contributed by atoms with Crippen LogP contribution < -0.4 is 0 Å². The predicted molar refractivity (Wildman–Crippen MR) is 85.8 cm³/mol. The number of hydrogen-bond donors (Lipinski definition) is 0. The zero-order valence-electron chi connectivity index (χ0n) is 10.8. The quantitative estimate of drug-likeness (QED) is 0.633. The molecule has 0 spiro atoms. The molecule has 0 saturated heterocycles. The van der Waals surface area contributed by atoms with E-state index in [2.05, 4.69) is 15.2 Å². The van der Waals surface area contributed by atoms with Crippen molar-refractivity contribution in [1.82, 2.24) is 15.2 Å². The van der Waals surface area contributed by atoms with E-state index in [1.165, 1.54) is 0 Å². The summed E-state index contributed by atoms with van der Waals surface area (Å²) in [5, 5.41) is 10.2. The summed E-state index contributed by atoms with van der Waals surface area (Å²) >= 11 is 6.51. The second-order valence-electron chi connectivity index (χ2n) is 3.83. The van der Waals surface area contributed by atoms with Crippen molar-refractivity contribution in [2.75, 3.05) is 6.26 Å². The lowest BCUT2D eigenvalue weighted by Gasteiger charge is -1.92. The zero-order chi connectivity index (χ0) is 13.9. The van der Waals surface area contributed by atoms with E-state index >= 15 is 0 Å². The topological polar surface area (TPSA) is 51.8 Å². The van der Waals surface area contributed by atoms with Crippen molar-refractivity contribution in [3.63, 3.8) is 0 Å². The number of thiophene rings is 1. The second kappa shape index (κ2) is 6.30. The lowest BCUT2D eigenvalue weighted by atomic mass is 10.4. The molecule has 0 atom stereocenters. The highest BCUT2D eigenvalue weighted by Crippen LogP contribution is 2.32. The lowest BCUT2D eigenvalue weighted by molar-refractivity contribution is 0.542. The maximum atomic E-state index is 5.72. The van der Waals surface area contributed by atoms with Gasteiger partial charge in [0, 0.05) is 5.75 Å². The van der Waals surface area contributed by atoms with E-state index in [0.29, 0.717) is 5.89 Å². The molecule has 3 aromatic rings. The number of aryl methyl sites for hydroxylation is 1. The van der Waals surface area contributed by atoms with Crippen molar-refractivity contribution < 1.29 is 4.42 Å². The number of thioether (sulfide) groups is 2. The summed E-state index contributed by atoms with van der Waals surface area (Å²) in [5.74, 6) is 2.33. The van der Waals surface area contributed by atoms with Gasteiger partial charge in [-0.1, -0.05) is 40.9 Å². The Morgan fingerprint density at radius 1 is 1.30 bits per heavy atom. The van der Waals surface area contributed by atoms with E-state index in [1.54, 1.807) is 46.2 Å². The minimum absolute atomic E-state index is 0.704. The molecule has 0 aromatic carbocycles. The number of aromatic nitrogens is 3. The molecule has 0 N–H and O–H groups in total. The summed E-state index contributed by atoms with van der Waals surface area (Å²) in [5.41, 5.74) is 0.972. The van der Waals surface area contributed by atoms with Crippen LogP contribution in [0.1, 0.15) is 11.5 Å². The molecule has 0 amide bonds. The minimum Gasteiger partial charge on any atom is -0.440 e. The van der Waals surface area contributed by atoms with Crippen LogP contribution in [0.4, 0.5) is 0 Å². The van der Waals surface area contributed by atoms with Crippen LogP contribution >= 0.6 is 46.2 Å².